The van der Waals surface area contributed by atoms with Crippen LogP contribution in [0, 0.1) is 5.82 Å². The monoisotopic (exact) mass is 486 g/mol. The molecule has 10 heteroatoms. The third-order valence-electron chi connectivity index (χ3n) is 5.51. The zero-order valence-corrected chi connectivity index (χ0v) is 19.9. The van der Waals surface area contributed by atoms with Gasteiger partial charge in [-0.3, -0.25) is 14.5 Å². The maximum Gasteiger partial charge on any atom is 0.414 e. The van der Waals surface area contributed by atoms with E-state index in [0.717, 1.165) is 24.2 Å². The van der Waals surface area contributed by atoms with E-state index in [2.05, 4.69) is 16.0 Å². The van der Waals surface area contributed by atoms with E-state index in [1.54, 1.807) is 13.2 Å². The normalized spacial score (nSPS) is 14.9. The Labute approximate surface area is 204 Å². The van der Waals surface area contributed by atoms with Crippen LogP contribution in [0.2, 0.25) is 0 Å². The summed E-state index contributed by atoms with van der Waals surface area (Å²) in [4.78, 5) is 36.5. The van der Waals surface area contributed by atoms with Gasteiger partial charge < -0.3 is 25.4 Å². The Balaban J connectivity index is 1.36. The van der Waals surface area contributed by atoms with Gasteiger partial charge in [-0.2, -0.15) is 0 Å². The van der Waals surface area contributed by atoms with Gasteiger partial charge in [0.25, 0.3) is 0 Å². The predicted molar refractivity (Wildman–Crippen MR) is 130 cm³/mol. The highest BCUT2D eigenvalue weighted by atomic mass is 19.1. The summed E-state index contributed by atoms with van der Waals surface area (Å²) in [5.74, 6) is 0.00519. The lowest BCUT2D eigenvalue weighted by Gasteiger charge is -2.15. The Morgan fingerprint density at radius 3 is 2.60 bits per heavy atom. The van der Waals surface area contributed by atoms with Gasteiger partial charge in [-0.1, -0.05) is 12.1 Å². The van der Waals surface area contributed by atoms with Crippen molar-refractivity contribution in [1.82, 2.24) is 10.6 Å². The van der Waals surface area contributed by atoms with Crippen LogP contribution in [-0.2, 0) is 20.7 Å². The lowest BCUT2D eigenvalue weighted by Crippen LogP contribution is -2.33. The smallest absolute Gasteiger partial charge is 0.414 e. The molecule has 0 saturated carbocycles. The van der Waals surface area contributed by atoms with Crippen molar-refractivity contribution in [2.75, 3.05) is 43.5 Å². The first-order chi connectivity index (χ1) is 16.9. The van der Waals surface area contributed by atoms with Crippen molar-refractivity contribution in [2.24, 2.45) is 0 Å². The summed E-state index contributed by atoms with van der Waals surface area (Å²) in [6.07, 6.45) is 0.851. The number of hydrogen-bond acceptors (Lipinski definition) is 6. The van der Waals surface area contributed by atoms with Crippen molar-refractivity contribution in [3.8, 4) is 5.75 Å². The Hall–Kier alpha value is -3.82. The topological polar surface area (TPSA) is 109 Å². The highest BCUT2D eigenvalue weighted by Crippen LogP contribution is 2.25. The second kappa shape index (κ2) is 12.6. The standard InChI is InChI=1S/C25H31FN4O5/c1-17(31)29-15-21-16-30(25(33)35-21)19-8-11-23(22(26)14-19)27-12-13-28-24(32)5-3-4-18-6-9-20(34-2)10-7-18/h6-11,14,21,27H,3-5,12-13,15-16H2,1-2H3,(H,28,32)(H,29,31)/t21-/m0/s1. The van der Waals surface area contributed by atoms with Gasteiger partial charge in [0.2, 0.25) is 11.8 Å². The molecule has 0 radical (unpaired) electrons. The van der Waals surface area contributed by atoms with Crippen LogP contribution in [0.4, 0.5) is 20.6 Å². The van der Waals surface area contributed by atoms with Gasteiger partial charge in [-0.15, -0.1) is 0 Å². The van der Waals surface area contributed by atoms with E-state index in [1.165, 1.54) is 24.0 Å². The molecule has 188 valence electrons. The molecule has 1 heterocycles. The molecule has 0 spiro atoms. The molecule has 2 aromatic rings. The van der Waals surface area contributed by atoms with Crippen LogP contribution < -0.4 is 25.6 Å². The molecule has 3 amide bonds. The fraction of sp³-hybridized carbons (Fsp3) is 0.400. The number of carbonyl (C=O) groups excluding carboxylic acids is 3. The number of nitrogens with one attached hydrogen (secondary N) is 3. The number of carbonyl (C=O) groups is 3. The average Bonchev–Trinajstić information content (AvgIpc) is 3.22. The number of hydrogen-bond donors (Lipinski definition) is 3. The summed E-state index contributed by atoms with van der Waals surface area (Å²) in [5, 5.41) is 8.37. The summed E-state index contributed by atoms with van der Waals surface area (Å²) in [7, 11) is 1.62. The van der Waals surface area contributed by atoms with Crippen LogP contribution in [0.25, 0.3) is 0 Å². The first-order valence-electron chi connectivity index (χ1n) is 11.5. The predicted octanol–water partition coefficient (Wildman–Crippen LogP) is 2.85. The van der Waals surface area contributed by atoms with E-state index in [4.69, 9.17) is 9.47 Å². The van der Waals surface area contributed by atoms with Gasteiger partial charge in [-0.25, -0.2) is 9.18 Å². The Kier molecular flexibility index (Phi) is 9.28. The highest BCUT2D eigenvalue weighted by Gasteiger charge is 2.32. The number of aryl methyl sites for hydroxylation is 1. The minimum absolute atomic E-state index is 0.0579. The van der Waals surface area contributed by atoms with E-state index in [-0.39, 0.29) is 30.6 Å². The van der Waals surface area contributed by atoms with E-state index in [1.807, 2.05) is 24.3 Å². The maximum absolute atomic E-state index is 14.5. The van der Waals surface area contributed by atoms with Gasteiger partial charge in [-0.05, 0) is 48.7 Å². The molecule has 0 unspecified atom stereocenters. The fourth-order valence-electron chi connectivity index (χ4n) is 3.64. The highest BCUT2D eigenvalue weighted by molar-refractivity contribution is 5.90. The lowest BCUT2D eigenvalue weighted by atomic mass is 10.1. The number of halogens is 1. The number of ether oxygens (including phenoxy) is 2. The van der Waals surface area contributed by atoms with E-state index in [0.29, 0.717) is 25.2 Å². The Bertz CT molecular complexity index is 1030. The number of benzene rings is 2. The molecule has 0 aliphatic carbocycles. The molecule has 1 fully saturated rings. The van der Waals surface area contributed by atoms with Gasteiger partial charge >= 0.3 is 6.09 Å². The first kappa shape index (κ1) is 25.8. The van der Waals surface area contributed by atoms with Crippen molar-refractivity contribution in [3.05, 3.63) is 53.8 Å². The van der Waals surface area contributed by atoms with Crippen molar-refractivity contribution >= 4 is 29.3 Å². The van der Waals surface area contributed by atoms with Crippen molar-refractivity contribution in [2.45, 2.75) is 32.3 Å². The van der Waals surface area contributed by atoms with Crippen LogP contribution in [0.1, 0.15) is 25.3 Å². The summed E-state index contributed by atoms with van der Waals surface area (Å²) in [6.45, 7) is 2.50. The quantitative estimate of drug-likeness (QED) is 0.398. The molecule has 35 heavy (non-hydrogen) atoms. The van der Waals surface area contributed by atoms with Gasteiger partial charge in [0.15, 0.2) is 0 Å². The van der Waals surface area contributed by atoms with Crippen molar-refractivity contribution < 1.29 is 28.2 Å². The molecule has 3 N–H and O–H groups in total. The number of methoxy groups -OCH3 is 1. The molecule has 3 rings (SSSR count). The number of cyclic esters (lactones) is 1. The van der Waals surface area contributed by atoms with Gasteiger partial charge in [0, 0.05) is 26.4 Å². The lowest BCUT2D eigenvalue weighted by molar-refractivity contribution is -0.121. The Morgan fingerprint density at radius 1 is 1.14 bits per heavy atom. The molecule has 2 aromatic carbocycles. The summed E-state index contributed by atoms with van der Waals surface area (Å²) in [6, 6.07) is 12.2. The molecule has 1 atom stereocenters. The first-order valence-corrected chi connectivity index (χ1v) is 11.5. The number of anilines is 2. The largest absolute Gasteiger partial charge is 0.497 e. The average molecular weight is 487 g/mol. The van der Waals surface area contributed by atoms with Crippen molar-refractivity contribution in [1.29, 1.82) is 0 Å². The molecule has 0 bridgehead atoms. The zero-order valence-electron chi connectivity index (χ0n) is 19.9. The second-order valence-corrected chi connectivity index (χ2v) is 8.20. The number of amides is 3. The zero-order chi connectivity index (χ0) is 25.2. The van der Waals surface area contributed by atoms with E-state index in [9.17, 15) is 18.8 Å². The van der Waals surface area contributed by atoms with Crippen LogP contribution in [0.5, 0.6) is 5.75 Å². The SMILES string of the molecule is COc1ccc(CCCC(=O)NCCNc2ccc(N3C[C@H](CNC(C)=O)OC3=O)cc2F)cc1. The second-order valence-electron chi connectivity index (χ2n) is 8.20. The molecule has 1 saturated heterocycles. The van der Waals surface area contributed by atoms with Crippen LogP contribution in [-0.4, -0.2) is 57.3 Å². The van der Waals surface area contributed by atoms with Gasteiger partial charge in [0.1, 0.15) is 17.7 Å². The fourth-order valence-corrected chi connectivity index (χ4v) is 3.64. The van der Waals surface area contributed by atoms with Crippen LogP contribution in [0.3, 0.4) is 0 Å². The Morgan fingerprint density at radius 2 is 1.91 bits per heavy atom. The molecule has 9 nitrogen and oxygen atoms in total. The molecule has 1 aliphatic rings. The molecule has 0 aromatic heterocycles. The minimum Gasteiger partial charge on any atom is -0.497 e. The molecular weight excluding hydrogens is 455 g/mol. The molecular formula is C25H31FN4O5. The number of nitrogens with zero attached hydrogens (tertiary/aromatic N) is 1. The third-order valence-corrected chi connectivity index (χ3v) is 5.51. The van der Waals surface area contributed by atoms with Crippen LogP contribution in [0.15, 0.2) is 42.5 Å². The van der Waals surface area contributed by atoms with Crippen molar-refractivity contribution in [3.63, 3.8) is 0 Å². The summed E-state index contributed by atoms with van der Waals surface area (Å²) >= 11 is 0. The van der Waals surface area contributed by atoms with E-state index >= 15 is 0 Å². The van der Waals surface area contributed by atoms with Crippen LogP contribution >= 0.6 is 0 Å². The summed E-state index contributed by atoms with van der Waals surface area (Å²) in [5.41, 5.74) is 1.78. The number of rotatable bonds is 12. The minimum atomic E-state index is -0.588. The molecule has 1 aliphatic heterocycles. The third kappa shape index (κ3) is 7.87. The summed E-state index contributed by atoms with van der Waals surface area (Å²) < 4.78 is 24.9. The van der Waals surface area contributed by atoms with E-state index < -0.39 is 18.0 Å². The maximum atomic E-state index is 14.5. The van der Waals surface area contributed by atoms with Gasteiger partial charge in [0.05, 0.1) is 31.6 Å².